The Morgan fingerprint density at radius 1 is 1.26 bits per heavy atom. The van der Waals surface area contributed by atoms with Crippen molar-refractivity contribution in [3.05, 3.63) is 52.7 Å². The Morgan fingerprint density at radius 3 is 2.84 bits per heavy atom. The molecule has 96 valence electrons. The van der Waals surface area contributed by atoms with E-state index in [1.165, 1.54) is 0 Å². The van der Waals surface area contributed by atoms with Gasteiger partial charge in [-0.1, -0.05) is 6.07 Å². The number of aromatic amines is 1. The number of hydrogen-bond donors (Lipinski definition) is 1. The van der Waals surface area contributed by atoms with E-state index in [4.69, 9.17) is 12.2 Å². The summed E-state index contributed by atoms with van der Waals surface area (Å²) in [5, 5.41) is 0. The van der Waals surface area contributed by atoms with Crippen LogP contribution in [0.2, 0.25) is 0 Å². The summed E-state index contributed by atoms with van der Waals surface area (Å²) in [6, 6.07) is 9.93. The van der Waals surface area contributed by atoms with E-state index in [0.717, 1.165) is 22.6 Å². The Kier molecular flexibility index (Phi) is 2.91. The van der Waals surface area contributed by atoms with Crippen LogP contribution >= 0.6 is 12.2 Å². The van der Waals surface area contributed by atoms with E-state index in [-0.39, 0.29) is 6.04 Å². The number of hydrogen-bond acceptors (Lipinski definition) is 3. The highest BCUT2D eigenvalue weighted by molar-refractivity contribution is 7.71. The van der Waals surface area contributed by atoms with E-state index in [2.05, 4.69) is 21.9 Å². The molecule has 0 saturated carbocycles. The van der Waals surface area contributed by atoms with Crippen LogP contribution in [0, 0.1) is 11.7 Å². The molecule has 0 aliphatic heterocycles. The lowest BCUT2D eigenvalue weighted by atomic mass is 10.2. The quantitative estimate of drug-likeness (QED) is 0.726. The molecule has 0 aromatic carbocycles. The lowest BCUT2D eigenvalue weighted by Gasteiger charge is -2.13. The molecule has 3 aromatic rings. The van der Waals surface area contributed by atoms with Crippen LogP contribution in [-0.2, 0) is 0 Å². The van der Waals surface area contributed by atoms with Crippen molar-refractivity contribution in [1.29, 1.82) is 0 Å². The summed E-state index contributed by atoms with van der Waals surface area (Å²) in [5.74, 6) is 0. The Hall–Kier alpha value is -2.01. The molecule has 1 atom stereocenters. The van der Waals surface area contributed by atoms with Crippen molar-refractivity contribution in [3.8, 4) is 0 Å². The fraction of sp³-hybridized carbons (Fsp3) is 0.214. The van der Waals surface area contributed by atoms with Crippen molar-refractivity contribution in [3.63, 3.8) is 0 Å². The SMILES string of the molecule is Cc1ccc2[nH]c(=S)n(C(C)c3ccccn3)c2n1. The number of aryl methyl sites for hydroxylation is 1. The first-order valence-electron chi connectivity index (χ1n) is 6.15. The van der Waals surface area contributed by atoms with E-state index in [1.54, 1.807) is 6.20 Å². The van der Waals surface area contributed by atoms with Gasteiger partial charge in [0.15, 0.2) is 10.4 Å². The number of nitrogens with zero attached hydrogens (tertiary/aromatic N) is 3. The normalized spacial score (nSPS) is 12.7. The van der Waals surface area contributed by atoms with Crippen LogP contribution in [0.3, 0.4) is 0 Å². The van der Waals surface area contributed by atoms with E-state index < -0.39 is 0 Å². The van der Waals surface area contributed by atoms with Gasteiger partial charge < -0.3 is 4.98 Å². The summed E-state index contributed by atoms with van der Waals surface area (Å²) in [7, 11) is 0. The lowest BCUT2D eigenvalue weighted by molar-refractivity contribution is 0.625. The molecule has 3 heterocycles. The maximum Gasteiger partial charge on any atom is 0.179 e. The number of rotatable bonds is 2. The number of pyridine rings is 2. The Bertz CT molecular complexity index is 773. The van der Waals surface area contributed by atoms with Crippen LogP contribution < -0.4 is 0 Å². The molecule has 4 nitrogen and oxygen atoms in total. The van der Waals surface area contributed by atoms with Crippen LogP contribution in [0.5, 0.6) is 0 Å². The third-order valence-electron chi connectivity index (χ3n) is 3.21. The highest BCUT2D eigenvalue weighted by atomic mass is 32.1. The second-order valence-corrected chi connectivity index (χ2v) is 4.94. The standard InChI is InChI=1S/C14H14N4S/c1-9-6-7-12-13(16-9)18(14(19)17-12)10(2)11-5-3-4-8-15-11/h3-8,10H,1-2H3,(H,17,19). The molecule has 1 unspecified atom stereocenters. The van der Waals surface area contributed by atoms with Gasteiger partial charge in [0.25, 0.3) is 0 Å². The zero-order chi connectivity index (χ0) is 13.4. The lowest BCUT2D eigenvalue weighted by Crippen LogP contribution is -2.09. The van der Waals surface area contributed by atoms with Gasteiger partial charge in [0.05, 0.1) is 17.3 Å². The molecule has 19 heavy (non-hydrogen) atoms. The van der Waals surface area contributed by atoms with Gasteiger partial charge in [-0.15, -0.1) is 0 Å². The van der Waals surface area contributed by atoms with Crippen molar-refractivity contribution in [2.75, 3.05) is 0 Å². The van der Waals surface area contributed by atoms with Crippen molar-refractivity contribution in [2.24, 2.45) is 0 Å². The van der Waals surface area contributed by atoms with Gasteiger partial charge in [0.2, 0.25) is 0 Å². The Labute approximate surface area is 116 Å². The minimum atomic E-state index is 0.0525. The first-order chi connectivity index (χ1) is 9.16. The second kappa shape index (κ2) is 4.59. The maximum atomic E-state index is 5.41. The number of fused-ring (bicyclic) bond motifs is 1. The summed E-state index contributed by atoms with van der Waals surface area (Å²) in [6.07, 6.45) is 1.79. The summed E-state index contributed by atoms with van der Waals surface area (Å²) >= 11 is 5.41. The summed E-state index contributed by atoms with van der Waals surface area (Å²) in [4.78, 5) is 12.2. The Morgan fingerprint density at radius 2 is 2.11 bits per heavy atom. The maximum absolute atomic E-state index is 5.41. The van der Waals surface area contributed by atoms with Crippen molar-refractivity contribution < 1.29 is 0 Å². The zero-order valence-electron chi connectivity index (χ0n) is 10.8. The van der Waals surface area contributed by atoms with Gasteiger partial charge in [0.1, 0.15) is 0 Å². The number of imidazole rings is 1. The molecule has 5 heteroatoms. The van der Waals surface area contributed by atoms with Crippen LogP contribution in [0.4, 0.5) is 0 Å². The van der Waals surface area contributed by atoms with Crippen LogP contribution in [-0.4, -0.2) is 19.5 Å². The van der Waals surface area contributed by atoms with E-state index in [0.29, 0.717) is 4.77 Å². The van der Waals surface area contributed by atoms with Crippen molar-refractivity contribution in [1.82, 2.24) is 19.5 Å². The number of aromatic nitrogens is 4. The average Bonchev–Trinajstić information content (AvgIpc) is 2.74. The molecule has 0 aliphatic rings. The van der Waals surface area contributed by atoms with Gasteiger partial charge >= 0.3 is 0 Å². The molecule has 0 amide bonds. The molecule has 0 spiro atoms. The molecule has 3 rings (SSSR count). The molecule has 3 aromatic heterocycles. The monoisotopic (exact) mass is 270 g/mol. The smallest absolute Gasteiger partial charge is 0.179 e. The van der Waals surface area contributed by atoms with Gasteiger partial charge in [-0.3, -0.25) is 9.55 Å². The number of H-pyrrole nitrogens is 1. The molecule has 1 N–H and O–H groups in total. The van der Waals surface area contributed by atoms with E-state index in [1.807, 2.05) is 41.8 Å². The summed E-state index contributed by atoms with van der Waals surface area (Å²) < 4.78 is 2.69. The number of nitrogens with one attached hydrogen (secondary N) is 1. The molecular weight excluding hydrogens is 256 g/mol. The van der Waals surface area contributed by atoms with Crippen LogP contribution in [0.25, 0.3) is 11.2 Å². The molecule has 0 saturated heterocycles. The molecule has 0 aliphatic carbocycles. The third kappa shape index (κ3) is 2.06. The minimum Gasteiger partial charge on any atom is -0.329 e. The van der Waals surface area contributed by atoms with Crippen LogP contribution in [0.1, 0.15) is 24.4 Å². The largest absolute Gasteiger partial charge is 0.329 e. The first kappa shape index (κ1) is 12.0. The molecular formula is C14H14N4S. The van der Waals surface area contributed by atoms with Crippen LogP contribution in [0.15, 0.2) is 36.5 Å². The topological polar surface area (TPSA) is 46.5 Å². The van der Waals surface area contributed by atoms with E-state index >= 15 is 0 Å². The summed E-state index contributed by atoms with van der Waals surface area (Å²) in [6.45, 7) is 4.06. The first-order valence-corrected chi connectivity index (χ1v) is 6.56. The molecule has 0 fully saturated rings. The fourth-order valence-electron chi connectivity index (χ4n) is 2.21. The van der Waals surface area contributed by atoms with E-state index in [9.17, 15) is 0 Å². The van der Waals surface area contributed by atoms with Gasteiger partial charge in [-0.25, -0.2) is 4.98 Å². The molecule has 0 radical (unpaired) electrons. The Balaban J connectivity index is 2.22. The second-order valence-electron chi connectivity index (χ2n) is 4.55. The van der Waals surface area contributed by atoms with Crippen molar-refractivity contribution >= 4 is 23.4 Å². The highest BCUT2D eigenvalue weighted by Crippen LogP contribution is 2.22. The zero-order valence-corrected chi connectivity index (χ0v) is 11.6. The van der Waals surface area contributed by atoms with Gasteiger partial charge in [-0.2, -0.15) is 0 Å². The minimum absolute atomic E-state index is 0.0525. The van der Waals surface area contributed by atoms with Crippen molar-refractivity contribution in [2.45, 2.75) is 19.9 Å². The molecule has 0 bridgehead atoms. The fourth-order valence-corrected chi connectivity index (χ4v) is 2.57. The highest BCUT2D eigenvalue weighted by Gasteiger charge is 2.14. The predicted molar refractivity (Wildman–Crippen MR) is 77.7 cm³/mol. The predicted octanol–water partition coefficient (Wildman–Crippen LogP) is 3.41. The summed E-state index contributed by atoms with van der Waals surface area (Å²) in [5.41, 5.74) is 3.79. The van der Waals surface area contributed by atoms with Gasteiger partial charge in [-0.05, 0) is 50.3 Å². The third-order valence-corrected chi connectivity index (χ3v) is 3.50. The average molecular weight is 270 g/mol. The van der Waals surface area contributed by atoms with Gasteiger partial charge in [0, 0.05) is 11.9 Å².